The number of likely N-dealkylation sites (tertiary alicyclic amines) is 4. The molecule has 0 unspecified atom stereocenters. The highest BCUT2D eigenvalue weighted by atomic mass is 16.5. The number of H-pyrrole nitrogens is 3. The van der Waals surface area contributed by atoms with Crippen molar-refractivity contribution in [3.05, 3.63) is 216 Å². The van der Waals surface area contributed by atoms with Crippen molar-refractivity contribution in [2.75, 3.05) is 132 Å². The second-order valence-electron chi connectivity index (χ2n) is 32.2. The molecule has 6 aliphatic rings. The number of hydrogen-bond acceptors (Lipinski definition) is 20. The zero-order chi connectivity index (χ0) is 87.3. The highest BCUT2D eigenvalue weighted by Crippen LogP contribution is 2.39. The number of nitrogens with zero attached hydrogens (tertiary/aromatic N) is 13. The number of nitrogens with one attached hydrogen (secondary N) is 3. The Balaban J connectivity index is 0.000000139. The number of aliphatic hydroxyl groups is 3. The number of aromatic amines is 3. The number of amides is 6. The lowest BCUT2D eigenvalue weighted by molar-refractivity contribution is -0.136. The Kier molecular flexibility index (Phi) is 26.6. The van der Waals surface area contributed by atoms with E-state index in [1.165, 1.54) is 0 Å². The average Bonchev–Trinajstić information content (AvgIpc) is 1.61. The van der Waals surface area contributed by atoms with E-state index in [1.54, 1.807) is 57.6 Å². The highest BCUT2D eigenvalue weighted by molar-refractivity contribution is 6.01. The monoisotopic (exact) mass is 1690 g/mol. The van der Waals surface area contributed by atoms with Crippen molar-refractivity contribution in [1.29, 1.82) is 15.8 Å². The van der Waals surface area contributed by atoms with Crippen molar-refractivity contribution >= 4 is 68.2 Å². The molecule has 29 heteroatoms. The number of piperazine rings is 1. The number of rotatable bonds is 18. The van der Waals surface area contributed by atoms with Crippen LogP contribution in [0.15, 0.2) is 182 Å². The fourth-order valence-electron chi connectivity index (χ4n) is 17.0. The molecule has 126 heavy (non-hydrogen) atoms. The van der Waals surface area contributed by atoms with E-state index in [9.17, 15) is 44.6 Å². The summed E-state index contributed by atoms with van der Waals surface area (Å²) >= 11 is 0. The molecule has 0 spiro atoms. The van der Waals surface area contributed by atoms with Crippen LogP contribution in [0.1, 0.15) is 99.1 Å². The van der Waals surface area contributed by atoms with Gasteiger partial charge in [0, 0.05) is 232 Å². The summed E-state index contributed by atoms with van der Waals surface area (Å²) in [6, 6.07) is 58.2. The lowest BCUT2D eigenvalue weighted by atomic mass is 10.0. The molecule has 0 atom stereocenters. The van der Waals surface area contributed by atoms with E-state index in [2.05, 4.69) is 60.1 Å². The SMILES string of the molecule is CN1CCN(C(=O)c2ccc(-c3cc4c(-c5ccc(OC6CCN(C(=O)CO)CC6)c(C#N)c5)nccc4[nH]3)cc2)CC1.N#Cc1cc(-c2nccc3[nH]c(-c4ccc(C(=O)N5CCCC5)cc4)cc23)ccc1OC1CCN(C(=O)CO)CC1.N#Cc1cc(-c2nccc3[nH]c(-c4ccc(C(=O)N5CCOCC5)cc4)cc23)ccc1OC1CCN(C(=O)CO)CC1. The third-order valence-corrected chi connectivity index (χ3v) is 24.2. The average molecular weight is 1690 g/mol. The molecule has 6 saturated heterocycles. The summed E-state index contributed by atoms with van der Waals surface area (Å²) in [5.74, 6) is 0.845. The molecule has 6 aromatic heterocycles. The van der Waals surface area contributed by atoms with Crippen LogP contribution in [-0.4, -0.2) is 265 Å². The standard InChI is InChI=1S/C33H34N6O4.C32H31N5O5.C32H31N5O4/c1-37-14-16-39(17-15-37)33(42)23-4-2-22(3-5-23)29-19-27-28(36-29)8-11-35-32(27)24-6-7-30(25(18-24)20-34)43-26-9-12-38(13-10-26)31(41)21-40;33-19-24-17-23(5-6-29(24)42-25-8-11-36(12-9-25)30(39)20-38)31-26-18-28(35-27(26)7-10-34-31)21-1-3-22(4-2-21)32(40)37-13-15-41-16-14-37;33-19-24-17-23(7-8-29(24)41-25-10-15-36(16-11-25)30(39)20-38)31-26-18-28(35-27(26)9-12-34-31)21-3-5-22(6-4-21)32(40)37-13-1-2-14-37/h2-8,11,18-19,26,36,40H,9-10,12-17,21H2,1H3;1-7,10,17-18,25,35,38H,8-9,11-16,20H2;3-9,12,17-18,25,35,38H,1-2,10-11,13-16,20H2. The highest BCUT2D eigenvalue weighted by Gasteiger charge is 2.31. The summed E-state index contributed by atoms with van der Waals surface area (Å²) in [6.45, 7) is 8.86. The second-order valence-corrected chi connectivity index (χ2v) is 32.2. The Bertz CT molecular complexity index is 6120. The number of hydrogen-bond donors (Lipinski definition) is 6. The quantitative estimate of drug-likeness (QED) is 0.0465. The van der Waals surface area contributed by atoms with Gasteiger partial charge in [0.2, 0.25) is 17.7 Å². The van der Waals surface area contributed by atoms with Crippen LogP contribution in [0.5, 0.6) is 17.2 Å². The molecule has 12 aromatic rings. The van der Waals surface area contributed by atoms with E-state index in [1.807, 2.05) is 154 Å². The zero-order valence-corrected chi connectivity index (χ0v) is 69.9. The maximum absolute atomic E-state index is 13.0. The number of morpholine rings is 1. The molecular weight excluding hydrogens is 1600 g/mol. The van der Waals surface area contributed by atoms with E-state index >= 15 is 0 Å². The minimum atomic E-state index is -0.488. The number of pyridine rings is 3. The molecule has 642 valence electrons. The Morgan fingerprint density at radius 1 is 0.365 bits per heavy atom. The Hall–Kier alpha value is -14.1. The molecule has 18 rings (SSSR count). The van der Waals surface area contributed by atoms with Gasteiger partial charge >= 0.3 is 0 Å². The largest absolute Gasteiger partial charge is 0.489 e. The molecule has 6 N–H and O–H groups in total. The summed E-state index contributed by atoms with van der Waals surface area (Å²) < 4.78 is 23.8. The van der Waals surface area contributed by atoms with E-state index in [0.29, 0.717) is 155 Å². The van der Waals surface area contributed by atoms with Gasteiger partial charge in [-0.25, -0.2) is 0 Å². The van der Waals surface area contributed by atoms with Crippen LogP contribution >= 0.6 is 0 Å². The maximum atomic E-state index is 13.0. The van der Waals surface area contributed by atoms with Crippen LogP contribution in [0.2, 0.25) is 0 Å². The first-order valence-electron chi connectivity index (χ1n) is 42.7. The van der Waals surface area contributed by atoms with E-state index in [-0.39, 0.29) is 53.8 Å². The molecule has 12 heterocycles. The molecule has 6 aliphatic heterocycles. The van der Waals surface area contributed by atoms with Crippen LogP contribution in [0.3, 0.4) is 0 Å². The maximum Gasteiger partial charge on any atom is 0.254 e. The van der Waals surface area contributed by atoms with Gasteiger partial charge in [-0.2, -0.15) is 15.8 Å². The van der Waals surface area contributed by atoms with Crippen LogP contribution < -0.4 is 14.2 Å². The van der Waals surface area contributed by atoms with Gasteiger partial charge in [-0.05, 0) is 164 Å². The molecule has 29 nitrogen and oxygen atoms in total. The third-order valence-electron chi connectivity index (χ3n) is 24.2. The molecule has 0 saturated carbocycles. The lowest BCUT2D eigenvalue weighted by Crippen LogP contribution is -2.47. The molecule has 6 fully saturated rings. The van der Waals surface area contributed by atoms with Crippen molar-refractivity contribution in [3.8, 4) is 103 Å². The number of carbonyl (C=O) groups excluding carboxylic acids is 6. The van der Waals surface area contributed by atoms with Crippen LogP contribution in [0.25, 0.3) is 100 Å². The van der Waals surface area contributed by atoms with Gasteiger partial charge in [0.1, 0.15) is 73.6 Å². The molecule has 0 radical (unpaired) electrons. The third kappa shape index (κ3) is 19.3. The molecular formula is C97H96N16O13. The number of carbonyl (C=O) groups is 6. The van der Waals surface area contributed by atoms with Crippen molar-refractivity contribution in [3.63, 3.8) is 0 Å². The van der Waals surface area contributed by atoms with Crippen molar-refractivity contribution in [2.45, 2.75) is 69.7 Å². The Morgan fingerprint density at radius 3 is 0.944 bits per heavy atom. The minimum absolute atomic E-state index is 0.0102. The Morgan fingerprint density at radius 2 is 0.651 bits per heavy atom. The van der Waals surface area contributed by atoms with Gasteiger partial charge in [0.15, 0.2) is 0 Å². The number of ether oxygens (including phenoxy) is 4. The molecule has 6 aromatic carbocycles. The van der Waals surface area contributed by atoms with Gasteiger partial charge in [0.25, 0.3) is 17.7 Å². The van der Waals surface area contributed by atoms with Crippen molar-refractivity contribution < 1.29 is 63.0 Å². The van der Waals surface area contributed by atoms with Gasteiger partial charge < -0.3 is 83.5 Å². The topological polar surface area (TPSA) is 380 Å². The summed E-state index contributed by atoms with van der Waals surface area (Å²) in [5.41, 5.74) is 16.3. The summed E-state index contributed by atoms with van der Waals surface area (Å²) in [7, 11) is 2.07. The first-order valence-corrected chi connectivity index (χ1v) is 42.7. The fraction of sp³-hybridized carbons (Fsp3) is 0.320. The number of fused-ring (bicyclic) bond motifs is 3. The zero-order valence-electron chi connectivity index (χ0n) is 69.9. The number of aliphatic hydroxyl groups excluding tert-OH is 3. The van der Waals surface area contributed by atoms with E-state index in [4.69, 9.17) is 34.3 Å². The van der Waals surface area contributed by atoms with Crippen LogP contribution in [-0.2, 0) is 19.1 Å². The fourth-order valence-corrected chi connectivity index (χ4v) is 17.0. The summed E-state index contributed by atoms with van der Waals surface area (Å²) in [6.07, 6.45) is 10.8. The number of benzene rings is 6. The minimum Gasteiger partial charge on any atom is -0.489 e. The van der Waals surface area contributed by atoms with Gasteiger partial charge in [0.05, 0.1) is 47.0 Å². The first kappa shape index (κ1) is 85.4. The predicted molar refractivity (Wildman–Crippen MR) is 472 cm³/mol. The smallest absolute Gasteiger partial charge is 0.254 e. The number of piperidine rings is 3. The first-order chi connectivity index (χ1) is 61.5. The van der Waals surface area contributed by atoms with Crippen molar-refractivity contribution in [1.82, 2.24) is 64.2 Å². The van der Waals surface area contributed by atoms with Gasteiger partial charge in [-0.3, -0.25) is 43.7 Å². The number of aromatic nitrogens is 6. The van der Waals surface area contributed by atoms with Gasteiger partial charge in [-0.15, -0.1) is 0 Å². The van der Waals surface area contributed by atoms with E-state index < -0.39 is 19.8 Å². The normalized spacial score (nSPS) is 16.0. The molecule has 6 amide bonds. The predicted octanol–water partition coefficient (Wildman–Crippen LogP) is 11.5. The Labute approximate surface area is 727 Å². The lowest BCUT2D eigenvalue weighted by Gasteiger charge is -2.32. The number of nitriles is 3. The summed E-state index contributed by atoms with van der Waals surface area (Å²) in [4.78, 5) is 111. The van der Waals surface area contributed by atoms with Crippen LogP contribution in [0.4, 0.5) is 0 Å². The van der Waals surface area contributed by atoms with E-state index in [0.717, 1.165) is 152 Å². The number of likely N-dealkylation sites (N-methyl/N-ethyl adjacent to an activating group) is 1. The second kappa shape index (κ2) is 39.2. The van der Waals surface area contributed by atoms with Crippen molar-refractivity contribution in [2.24, 2.45) is 0 Å². The molecule has 0 aliphatic carbocycles. The van der Waals surface area contributed by atoms with Crippen LogP contribution in [0, 0.1) is 34.0 Å². The van der Waals surface area contributed by atoms with Gasteiger partial charge in [-0.1, -0.05) is 36.4 Å². The molecule has 0 bridgehead atoms. The summed E-state index contributed by atoms with van der Waals surface area (Å²) in [5, 5.41) is 59.8.